The number of hydrogen-bond donors (Lipinski definition) is 2. The molecule has 0 aliphatic heterocycles. The number of carbonyl (C=O) groups is 2. The molecule has 30 heavy (non-hydrogen) atoms. The van der Waals surface area contributed by atoms with Crippen LogP contribution in [0.5, 0.6) is 0 Å². The summed E-state index contributed by atoms with van der Waals surface area (Å²) < 4.78 is 0. The highest BCUT2D eigenvalue weighted by Crippen LogP contribution is 2.63. The zero-order valence-electron chi connectivity index (χ0n) is 19.4. The molecule has 4 unspecified atom stereocenters. The average molecular weight is 414 g/mol. The molecule has 0 radical (unpaired) electrons. The Morgan fingerprint density at radius 1 is 1.27 bits per heavy atom. The monoisotopic (exact) mass is 413 g/mol. The summed E-state index contributed by atoms with van der Waals surface area (Å²) in [6.45, 7) is 16.2. The van der Waals surface area contributed by atoms with E-state index in [1.165, 1.54) is 11.6 Å². The van der Waals surface area contributed by atoms with Crippen molar-refractivity contribution in [3.8, 4) is 0 Å². The van der Waals surface area contributed by atoms with Crippen molar-refractivity contribution in [3.63, 3.8) is 0 Å². The first-order chi connectivity index (χ1) is 14.0. The minimum atomic E-state index is -0.544. The van der Waals surface area contributed by atoms with Gasteiger partial charge in [0.2, 0.25) is 11.6 Å². The lowest BCUT2D eigenvalue weighted by Gasteiger charge is -2.59. The fraction of sp³-hybridized carbons (Fsp3) is 0.692. The predicted octanol–water partition coefficient (Wildman–Crippen LogP) is 5.66. The van der Waals surface area contributed by atoms with E-state index in [2.05, 4.69) is 46.5 Å². The molecule has 4 heteroatoms. The van der Waals surface area contributed by atoms with Gasteiger partial charge in [0.15, 0.2) is 0 Å². The molecule has 0 aromatic heterocycles. The van der Waals surface area contributed by atoms with E-state index < -0.39 is 11.6 Å². The molecule has 4 nitrogen and oxygen atoms in total. The lowest BCUT2D eigenvalue weighted by molar-refractivity contribution is -0.132. The lowest BCUT2D eigenvalue weighted by atomic mass is 9.46. The van der Waals surface area contributed by atoms with Crippen molar-refractivity contribution in [1.82, 2.24) is 5.32 Å². The average Bonchev–Trinajstić information content (AvgIpc) is 2.68. The minimum Gasteiger partial charge on any atom is -0.505 e. The van der Waals surface area contributed by atoms with Crippen LogP contribution >= 0.6 is 0 Å². The van der Waals surface area contributed by atoms with Crippen LogP contribution in [-0.2, 0) is 9.59 Å². The number of hydrogen-bond acceptors (Lipinski definition) is 4. The quantitative estimate of drug-likeness (QED) is 0.335. The van der Waals surface area contributed by atoms with Gasteiger partial charge in [0.25, 0.3) is 0 Å². The predicted molar refractivity (Wildman–Crippen MR) is 121 cm³/mol. The number of ketones is 2. The second kappa shape index (κ2) is 8.36. The van der Waals surface area contributed by atoms with Crippen molar-refractivity contribution in [2.45, 2.75) is 79.6 Å². The number of aliphatic hydroxyl groups is 1. The van der Waals surface area contributed by atoms with E-state index in [1.807, 2.05) is 0 Å². The Morgan fingerprint density at radius 2 is 1.97 bits per heavy atom. The summed E-state index contributed by atoms with van der Waals surface area (Å²) in [5, 5.41) is 14.2. The largest absolute Gasteiger partial charge is 0.505 e. The van der Waals surface area contributed by atoms with Gasteiger partial charge in [-0.3, -0.25) is 9.59 Å². The number of aliphatic hydroxyl groups excluding tert-OH is 1. The molecule has 0 aromatic rings. The molecule has 0 amide bonds. The van der Waals surface area contributed by atoms with Gasteiger partial charge in [-0.1, -0.05) is 46.8 Å². The van der Waals surface area contributed by atoms with Crippen molar-refractivity contribution < 1.29 is 14.7 Å². The van der Waals surface area contributed by atoms with Crippen molar-refractivity contribution >= 4 is 11.6 Å². The van der Waals surface area contributed by atoms with Crippen LogP contribution in [0.2, 0.25) is 0 Å². The van der Waals surface area contributed by atoms with Crippen molar-refractivity contribution in [2.75, 3.05) is 6.54 Å². The summed E-state index contributed by atoms with van der Waals surface area (Å²) in [5.74, 6) is 0.228. The van der Waals surface area contributed by atoms with E-state index in [-0.39, 0.29) is 16.6 Å². The smallest absolute Gasteiger partial charge is 0.232 e. The Balaban J connectivity index is 1.93. The molecular formula is C26H39NO3. The normalized spacial score (nSPS) is 34.9. The van der Waals surface area contributed by atoms with Crippen LogP contribution in [-0.4, -0.2) is 23.2 Å². The van der Waals surface area contributed by atoms with Gasteiger partial charge < -0.3 is 10.4 Å². The molecule has 0 heterocycles. The first-order valence-electron chi connectivity index (χ1n) is 11.7. The Kier molecular flexibility index (Phi) is 6.36. The highest BCUT2D eigenvalue weighted by atomic mass is 16.3. The zero-order valence-corrected chi connectivity index (χ0v) is 19.4. The molecule has 0 bridgehead atoms. The van der Waals surface area contributed by atoms with E-state index in [0.29, 0.717) is 42.0 Å². The fourth-order valence-corrected chi connectivity index (χ4v) is 6.12. The molecule has 0 saturated heterocycles. The molecular weight excluding hydrogens is 374 g/mol. The van der Waals surface area contributed by atoms with Crippen molar-refractivity contribution in [3.05, 3.63) is 35.3 Å². The lowest BCUT2D eigenvalue weighted by Crippen LogP contribution is -2.51. The van der Waals surface area contributed by atoms with Gasteiger partial charge >= 0.3 is 0 Å². The summed E-state index contributed by atoms with van der Waals surface area (Å²) >= 11 is 0. The first-order valence-corrected chi connectivity index (χ1v) is 11.7. The molecule has 3 aliphatic rings. The number of Topliss-reactive ketones (excluding diaryl/α,β-unsaturated/α-hetero) is 1. The molecule has 0 aromatic carbocycles. The SMILES string of the molecule is C=C1CCCC2C1(C)CCC(C)C2(C)CC1=C(O)C(NCCC(C)C)=CC(=O)C1=O. The number of allylic oxidation sites excluding steroid dienone is 3. The van der Waals surface area contributed by atoms with Gasteiger partial charge in [-0.25, -0.2) is 0 Å². The maximum atomic E-state index is 12.8. The Hall–Kier alpha value is -1.84. The molecule has 166 valence electrons. The van der Waals surface area contributed by atoms with Gasteiger partial charge in [0.05, 0.1) is 5.70 Å². The Morgan fingerprint density at radius 3 is 2.63 bits per heavy atom. The summed E-state index contributed by atoms with van der Waals surface area (Å²) in [6, 6.07) is 0. The maximum absolute atomic E-state index is 12.8. The zero-order chi connectivity index (χ0) is 22.3. The molecule has 2 N–H and O–H groups in total. The van der Waals surface area contributed by atoms with Crippen LogP contribution in [0.4, 0.5) is 0 Å². The van der Waals surface area contributed by atoms with Crippen LogP contribution in [0.1, 0.15) is 79.6 Å². The third-order valence-corrected chi connectivity index (χ3v) is 8.48. The van der Waals surface area contributed by atoms with Crippen LogP contribution < -0.4 is 5.32 Å². The third kappa shape index (κ3) is 3.90. The highest BCUT2D eigenvalue weighted by Gasteiger charge is 2.54. The minimum absolute atomic E-state index is 0.0290. The van der Waals surface area contributed by atoms with Gasteiger partial charge in [0, 0.05) is 18.2 Å². The van der Waals surface area contributed by atoms with Crippen LogP contribution in [0, 0.1) is 28.6 Å². The summed E-state index contributed by atoms with van der Waals surface area (Å²) in [7, 11) is 0. The second-order valence-electron chi connectivity index (χ2n) is 10.8. The van der Waals surface area contributed by atoms with Gasteiger partial charge in [-0.15, -0.1) is 0 Å². The number of rotatable bonds is 6. The van der Waals surface area contributed by atoms with E-state index in [9.17, 15) is 14.7 Å². The van der Waals surface area contributed by atoms with E-state index in [4.69, 9.17) is 0 Å². The van der Waals surface area contributed by atoms with Crippen molar-refractivity contribution in [2.24, 2.45) is 28.6 Å². The van der Waals surface area contributed by atoms with Gasteiger partial charge in [-0.05, 0) is 73.5 Å². The number of carbonyl (C=O) groups excluding carboxylic acids is 2. The van der Waals surface area contributed by atoms with Gasteiger partial charge in [-0.2, -0.15) is 0 Å². The van der Waals surface area contributed by atoms with E-state index in [0.717, 1.165) is 38.5 Å². The molecule has 0 spiro atoms. The maximum Gasteiger partial charge on any atom is 0.232 e. The second-order valence-corrected chi connectivity index (χ2v) is 10.8. The highest BCUT2D eigenvalue weighted by molar-refractivity contribution is 6.48. The third-order valence-electron chi connectivity index (χ3n) is 8.48. The van der Waals surface area contributed by atoms with Crippen LogP contribution in [0.15, 0.2) is 35.3 Å². The molecule has 4 atom stereocenters. The molecule has 3 aliphatic carbocycles. The standard InChI is InChI=1S/C26H39NO3/c1-16(2)11-13-27-20-14-21(28)24(30)19(23(20)29)15-26(6)18(4)10-12-25(5)17(3)8-7-9-22(25)26/h14,16,18,22,27,29H,3,7-13,15H2,1-2,4-6H3. The Labute approximate surface area is 181 Å². The molecule has 2 saturated carbocycles. The molecule has 2 fully saturated rings. The summed E-state index contributed by atoms with van der Waals surface area (Å²) in [4.78, 5) is 25.3. The summed E-state index contributed by atoms with van der Waals surface area (Å²) in [5.41, 5.74) is 1.95. The fourth-order valence-electron chi connectivity index (χ4n) is 6.12. The van der Waals surface area contributed by atoms with E-state index >= 15 is 0 Å². The van der Waals surface area contributed by atoms with Crippen molar-refractivity contribution in [1.29, 1.82) is 0 Å². The first kappa shape index (κ1) is 22.8. The number of nitrogens with one attached hydrogen (secondary N) is 1. The van der Waals surface area contributed by atoms with E-state index in [1.54, 1.807) is 0 Å². The topological polar surface area (TPSA) is 66.4 Å². The van der Waals surface area contributed by atoms with Crippen LogP contribution in [0.25, 0.3) is 0 Å². The Bertz CT molecular complexity index is 805. The summed E-state index contributed by atoms with van der Waals surface area (Å²) in [6.07, 6.45) is 8.17. The molecule has 3 rings (SSSR count). The van der Waals surface area contributed by atoms with Gasteiger partial charge in [0.1, 0.15) is 5.76 Å². The van der Waals surface area contributed by atoms with Crippen LogP contribution in [0.3, 0.4) is 0 Å². The number of fused-ring (bicyclic) bond motifs is 1.